The summed E-state index contributed by atoms with van der Waals surface area (Å²) in [6, 6.07) is 16.1. The third-order valence-electron chi connectivity index (χ3n) is 3.45. The van der Waals surface area contributed by atoms with Crippen molar-refractivity contribution in [2.45, 2.75) is 6.92 Å². The maximum Gasteiger partial charge on any atom is 0.256 e. The van der Waals surface area contributed by atoms with E-state index in [4.69, 9.17) is 0 Å². The number of aromatic nitrogens is 1. The van der Waals surface area contributed by atoms with Gasteiger partial charge in [-0.3, -0.25) is 14.6 Å². The molecule has 4 nitrogen and oxygen atoms in total. The molecular formula is C18H14N2O2. The summed E-state index contributed by atoms with van der Waals surface area (Å²) in [4.78, 5) is 28.4. The Morgan fingerprint density at radius 3 is 2.45 bits per heavy atom. The van der Waals surface area contributed by atoms with E-state index >= 15 is 0 Å². The van der Waals surface area contributed by atoms with Crippen LogP contribution in [0, 0.1) is 0 Å². The van der Waals surface area contributed by atoms with Gasteiger partial charge in [-0.25, -0.2) is 0 Å². The molecule has 0 saturated carbocycles. The summed E-state index contributed by atoms with van der Waals surface area (Å²) in [5, 5.41) is 3.59. The molecule has 0 spiro atoms. The summed E-state index contributed by atoms with van der Waals surface area (Å²) in [6.07, 6.45) is 1.61. The minimum absolute atomic E-state index is 0.0875. The number of nitrogens with one attached hydrogen (secondary N) is 1. The van der Waals surface area contributed by atoms with Crippen LogP contribution in [-0.4, -0.2) is 16.7 Å². The average molecular weight is 290 g/mol. The van der Waals surface area contributed by atoms with E-state index in [-0.39, 0.29) is 11.7 Å². The zero-order valence-corrected chi connectivity index (χ0v) is 12.0. The van der Waals surface area contributed by atoms with Crippen LogP contribution in [0.15, 0.2) is 60.8 Å². The zero-order valence-electron chi connectivity index (χ0n) is 12.0. The smallest absolute Gasteiger partial charge is 0.256 e. The fourth-order valence-electron chi connectivity index (χ4n) is 2.38. The number of carbonyl (C=O) groups is 2. The molecule has 2 aromatic carbocycles. The molecule has 3 aromatic rings. The molecule has 1 heterocycles. The molecule has 4 heteroatoms. The highest BCUT2D eigenvalue weighted by Gasteiger charge is 2.13. The van der Waals surface area contributed by atoms with Gasteiger partial charge < -0.3 is 5.32 Å². The lowest BCUT2D eigenvalue weighted by molar-refractivity contribution is 0.101. The van der Waals surface area contributed by atoms with Gasteiger partial charge in [-0.15, -0.1) is 0 Å². The number of fused-ring (bicyclic) bond motifs is 1. The number of para-hydroxylation sites is 2. The number of rotatable bonds is 3. The minimum Gasteiger partial charge on any atom is -0.321 e. The quantitative estimate of drug-likeness (QED) is 0.748. The third kappa shape index (κ3) is 2.59. The van der Waals surface area contributed by atoms with E-state index in [9.17, 15) is 9.59 Å². The monoisotopic (exact) mass is 290 g/mol. The summed E-state index contributed by atoms with van der Waals surface area (Å²) in [6.45, 7) is 1.48. The molecule has 3 rings (SSSR count). The fourth-order valence-corrected chi connectivity index (χ4v) is 2.38. The van der Waals surface area contributed by atoms with Crippen LogP contribution in [0.2, 0.25) is 0 Å². The summed E-state index contributed by atoms with van der Waals surface area (Å²) >= 11 is 0. The molecule has 0 unspecified atom stereocenters. The number of amides is 1. The number of anilines is 1. The SMILES string of the molecule is CC(=O)c1ccccc1NC(=O)c1ccnc2ccccc12. The van der Waals surface area contributed by atoms with Crippen molar-refractivity contribution in [2.75, 3.05) is 5.32 Å². The molecule has 1 amide bonds. The van der Waals surface area contributed by atoms with E-state index in [0.29, 0.717) is 16.8 Å². The molecular weight excluding hydrogens is 276 g/mol. The van der Waals surface area contributed by atoms with Gasteiger partial charge in [0.2, 0.25) is 0 Å². The van der Waals surface area contributed by atoms with Crippen LogP contribution in [0.25, 0.3) is 10.9 Å². The normalized spacial score (nSPS) is 10.4. The van der Waals surface area contributed by atoms with Gasteiger partial charge in [0.25, 0.3) is 5.91 Å². The molecule has 1 aromatic heterocycles. The van der Waals surface area contributed by atoms with Crippen LogP contribution >= 0.6 is 0 Å². The van der Waals surface area contributed by atoms with Crippen molar-refractivity contribution in [3.05, 3.63) is 71.9 Å². The third-order valence-corrected chi connectivity index (χ3v) is 3.45. The number of hydrogen-bond donors (Lipinski definition) is 1. The van der Waals surface area contributed by atoms with Gasteiger partial charge in [0.15, 0.2) is 5.78 Å². The first-order valence-corrected chi connectivity index (χ1v) is 6.92. The molecule has 0 fully saturated rings. The second-order valence-corrected chi connectivity index (χ2v) is 4.93. The summed E-state index contributed by atoms with van der Waals surface area (Å²) in [7, 11) is 0. The van der Waals surface area contributed by atoms with Crippen LogP contribution in [0.4, 0.5) is 5.69 Å². The van der Waals surface area contributed by atoms with Crippen molar-refractivity contribution in [3.63, 3.8) is 0 Å². The number of nitrogens with zero attached hydrogens (tertiary/aromatic N) is 1. The topological polar surface area (TPSA) is 59.1 Å². The van der Waals surface area contributed by atoms with Crippen LogP contribution in [0.5, 0.6) is 0 Å². The minimum atomic E-state index is -0.257. The first-order chi connectivity index (χ1) is 10.7. The predicted molar refractivity (Wildman–Crippen MR) is 86.1 cm³/mol. The van der Waals surface area contributed by atoms with Gasteiger partial charge in [-0.2, -0.15) is 0 Å². The Morgan fingerprint density at radius 2 is 1.64 bits per heavy atom. The fraction of sp³-hybridized carbons (Fsp3) is 0.0556. The lowest BCUT2D eigenvalue weighted by Crippen LogP contribution is -2.14. The number of ketones is 1. The van der Waals surface area contributed by atoms with Crippen molar-refractivity contribution < 1.29 is 9.59 Å². The maximum absolute atomic E-state index is 12.6. The van der Waals surface area contributed by atoms with Gasteiger partial charge in [-0.05, 0) is 31.2 Å². The summed E-state index contributed by atoms with van der Waals surface area (Å²) < 4.78 is 0. The Morgan fingerprint density at radius 1 is 0.909 bits per heavy atom. The molecule has 22 heavy (non-hydrogen) atoms. The lowest BCUT2D eigenvalue weighted by Gasteiger charge is -2.10. The highest BCUT2D eigenvalue weighted by atomic mass is 16.1. The van der Waals surface area contributed by atoms with Crippen LogP contribution in [0.3, 0.4) is 0 Å². The summed E-state index contributed by atoms with van der Waals surface area (Å²) in [5.41, 5.74) is 2.30. The van der Waals surface area contributed by atoms with Crippen molar-refractivity contribution in [2.24, 2.45) is 0 Å². The number of benzene rings is 2. The highest BCUT2D eigenvalue weighted by molar-refractivity contribution is 6.14. The van der Waals surface area contributed by atoms with E-state index in [1.165, 1.54) is 6.92 Å². The molecule has 0 radical (unpaired) electrons. The molecule has 0 atom stereocenters. The van der Waals surface area contributed by atoms with Crippen LogP contribution in [0.1, 0.15) is 27.6 Å². The molecule has 0 aliphatic heterocycles. The van der Waals surface area contributed by atoms with Crippen molar-refractivity contribution in [1.29, 1.82) is 0 Å². The molecule has 0 saturated heterocycles. The Labute approximate surface area is 127 Å². The molecule has 0 aliphatic rings. The number of hydrogen-bond acceptors (Lipinski definition) is 3. The van der Waals surface area contributed by atoms with Crippen molar-refractivity contribution in [1.82, 2.24) is 4.98 Å². The summed E-state index contributed by atoms with van der Waals surface area (Å²) in [5.74, 6) is -0.345. The molecule has 0 bridgehead atoms. The number of carbonyl (C=O) groups excluding carboxylic acids is 2. The largest absolute Gasteiger partial charge is 0.321 e. The predicted octanol–water partition coefficient (Wildman–Crippen LogP) is 3.69. The Kier molecular flexibility index (Phi) is 3.66. The lowest BCUT2D eigenvalue weighted by atomic mass is 10.1. The highest BCUT2D eigenvalue weighted by Crippen LogP contribution is 2.20. The average Bonchev–Trinajstić information content (AvgIpc) is 2.54. The van der Waals surface area contributed by atoms with E-state index in [0.717, 1.165) is 10.9 Å². The second kappa shape index (κ2) is 5.77. The standard InChI is InChI=1S/C18H14N2O2/c1-12(21)13-6-2-5-9-17(13)20-18(22)15-10-11-19-16-8-4-3-7-14(15)16/h2-11H,1H3,(H,20,22). The van der Waals surface area contributed by atoms with Gasteiger partial charge in [0.05, 0.1) is 16.8 Å². The van der Waals surface area contributed by atoms with Crippen LogP contribution in [-0.2, 0) is 0 Å². The van der Waals surface area contributed by atoms with Crippen LogP contribution < -0.4 is 5.32 Å². The van der Waals surface area contributed by atoms with Gasteiger partial charge in [0, 0.05) is 17.1 Å². The molecule has 1 N–H and O–H groups in total. The first-order valence-electron chi connectivity index (χ1n) is 6.92. The first kappa shape index (κ1) is 13.9. The number of Topliss-reactive ketones (excluding diaryl/α,β-unsaturated/α-hetero) is 1. The maximum atomic E-state index is 12.6. The molecule has 108 valence electrons. The second-order valence-electron chi connectivity index (χ2n) is 4.93. The van der Waals surface area contributed by atoms with E-state index in [1.54, 1.807) is 36.5 Å². The number of pyridine rings is 1. The zero-order chi connectivity index (χ0) is 15.5. The Balaban J connectivity index is 2.00. The van der Waals surface area contributed by atoms with E-state index < -0.39 is 0 Å². The van der Waals surface area contributed by atoms with Gasteiger partial charge >= 0.3 is 0 Å². The van der Waals surface area contributed by atoms with Gasteiger partial charge in [-0.1, -0.05) is 30.3 Å². The van der Waals surface area contributed by atoms with E-state index in [1.807, 2.05) is 24.3 Å². The van der Waals surface area contributed by atoms with Gasteiger partial charge in [0.1, 0.15) is 0 Å². The van der Waals surface area contributed by atoms with E-state index in [2.05, 4.69) is 10.3 Å². The molecule has 0 aliphatic carbocycles. The Hall–Kier alpha value is -3.01. The van der Waals surface area contributed by atoms with Crippen molar-refractivity contribution >= 4 is 28.3 Å². The Bertz CT molecular complexity index is 866. The van der Waals surface area contributed by atoms with Crippen molar-refractivity contribution in [3.8, 4) is 0 Å².